The van der Waals surface area contributed by atoms with E-state index in [0.29, 0.717) is 0 Å². The van der Waals surface area contributed by atoms with Crippen LogP contribution < -0.4 is 10.2 Å². The molecule has 1 heterocycles. The van der Waals surface area contributed by atoms with Crippen LogP contribution in [0.5, 0.6) is 0 Å². The summed E-state index contributed by atoms with van der Waals surface area (Å²) in [6, 6.07) is 0. The lowest BCUT2D eigenvalue weighted by molar-refractivity contribution is 0.676. The van der Waals surface area contributed by atoms with Crippen LogP contribution in [0, 0.1) is 11.8 Å². The van der Waals surface area contributed by atoms with Crippen LogP contribution in [0.3, 0.4) is 0 Å². The van der Waals surface area contributed by atoms with Gasteiger partial charge >= 0.3 is 0 Å². The number of hydrogen-bond acceptors (Lipinski definition) is 4. The van der Waals surface area contributed by atoms with Crippen LogP contribution in [0.25, 0.3) is 0 Å². The molecular formula is C16H27N3S. The Kier molecular flexibility index (Phi) is 4.32. The molecule has 0 bridgehead atoms. The van der Waals surface area contributed by atoms with E-state index in [9.17, 15) is 0 Å². The van der Waals surface area contributed by atoms with Gasteiger partial charge < -0.3 is 10.2 Å². The highest BCUT2D eigenvalue weighted by atomic mass is 32.1. The summed E-state index contributed by atoms with van der Waals surface area (Å²) in [4.78, 5) is 8.82. The molecule has 0 amide bonds. The Balaban J connectivity index is 1.65. The second-order valence-corrected chi connectivity index (χ2v) is 7.67. The van der Waals surface area contributed by atoms with Crippen molar-refractivity contribution in [3.8, 4) is 0 Å². The maximum absolute atomic E-state index is 4.96. The summed E-state index contributed by atoms with van der Waals surface area (Å²) in [6.45, 7) is 7.87. The molecule has 1 aromatic rings. The van der Waals surface area contributed by atoms with Crippen LogP contribution in [0.2, 0.25) is 0 Å². The van der Waals surface area contributed by atoms with Crippen molar-refractivity contribution >= 4 is 16.5 Å². The number of rotatable bonds is 8. The third kappa shape index (κ3) is 3.34. The smallest absolute Gasteiger partial charge is 0.185 e. The van der Waals surface area contributed by atoms with E-state index < -0.39 is 0 Å². The van der Waals surface area contributed by atoms with Gasteiger partial charge in [-0.1, -0.05) is 13.8 Å². The van der Waals surface area contributed by atoms with Crippen molar-refractivity contribution in [2.24, 2.45) is 11.8 Å². The molecule has 112 valence electrons. The topological polar surface area (TPSA) is 28.2 Å². The number of anilines is 1. The first-order chi connectivity index (χ1) is 9.69. The molecule has 2 unspecified atom stereocenters. The Labute approximate surface area is 126 Å². The van der Waals surface area contributed by atoms with Crippen LogP contribution in [0.15, 0.2) is 0 Å². The Morgan fingerprint density at radius 1 is 1.40 bits per heavy atom. The zero-order valence-electron chi connectivity index (χ0n) is 13.0. The average molecular weight is 293 g/mol. The van der Waals surface area contributed by atoms with Crippen LogP contribution in [0.1, 0.15) is 56.0 Å². The third-order valence-corrected chi connectivity index (χ3v) is 5.69. The summed E-state index contributed by atoms with van der Waals surface area (Å²) in [5, 5.41) is 4.77. The molecule has 2 atom stereocenters. The normalized spacial score (nSPS) is 24.9. The lowest BCUT2D eigenvalue weighted by Crippen LogP contribution is -2.20. The van der Waals surface area contributed by atoms with Crippen molar-refractivity contribution in [2.45, 2.75) is 52.0 Å². The molecule has 3 nitrogen and oxygen atoms in total. The van der Waals surface area contributed by atoms with Crippen molar-refractivity contribution in [3.63, 3.8) is 0 Å². The molecule has 0 aromatic carbocycles. The predicted octanol–water partition coefficient (Wildman–Crippen LogP) is 3.61. The van der Waals surface area contributed by atoms with E-state index in [0.717, 1.165) is 30.8 Å². The largest absolute Gasteiger partial charge is 0.351 e. The molecule has 2 fully saturated rings. The molecule has 1 aromatic heterocycles. The van der Waals surface area contributed by atoms with E-state index in [4.69, 9.17) is 4.98 Å². The molecule has 1 N–H and O–H groups in total. The fraction of sp³-hybridized carbons (Fsp3) is 0.812. The van der Waals surface area contributed by atoms with Crippen molar-refractivity contribution in [2.75, 3.05) is 25.0 Å². The molecular weight excluding hydrogens is 266 g/mol. The van der Waals surface area contributed by atoms with E-state index >= 15 is 0 Å². The van der Waals surface area contributed by atoms with Gasteiger partial charge in [-0.2, -0.15) is 0 Å². The van der Waals surface area contributed by atoms with Gasteiger partial charge in [0.05, 0.1) is 5.69 Å². The van der Waals surface area contributed by atoms with Crippen molar-refractivity contribution in [3.05, 3.63) is 10.6 Å². The number of thiazole rings is 1. The van der Waals surface area contributed by atoms with E-state index in [1.807, 2.05) is 11.3 Å². The standard InChI is InChI=1S/C16H27N3S/c1-4-7-17-9-14-15(12-5-6-12)18-16(20-14)19(3)10-13-8-11(13)2/h11-13,17H,4-10H2,1-3H3. The van der Waals surface area contributed by atoms with Crippen LogP contribution in [0.4, 0.5) is 5.13 Å². The molecule has 2 saturated carbocycles. The molecule has 2 aliphatic rings. The molecule has 20 heavy (non-hydrogen) atoms. The quantitative estimate of drug-likeness (QED) is 0.742. The molecule has 0 radical (unpaired) electrons. The maximum atomic E-state index is 4.96. The van der Waals surface area contributed by atoms with E-state index in [1.54, 1.807) is 0 Å². The number of aromatic nitrogens is 1. The minimum atomic E-state index is 0.756. The Hall–Kier alpha value is -0.610. The summed E-state index contributed by atoms with van der Waals surface area (Å²) >= 11 is 1.91. The number of hydrogen-bond donors (Lipinski definition) is 1. The number of nitrogens with zero attached hydrogens (tertiary/aromatic N) is 2. The van der Waals surface area contributed by atoms with Gasteiger partial charge in [-0.25, -0.2) is 4.98 Å². The summed E-state index contributed by atoms with van der Waals surface area (Å²) in [5.41, 5.74) is 1.39. The highest BCUT2D eigenvalue weighted by Crippen LogP contribution is 2.45. The minimum Gasteiger partial charge on any atom is -0.351 e. The first-order valence-corrected chi connectivity index (χ1v) is 8.92. The van der Waals surface area contributed by atoms with Gasteiger partial charge in [0.25, 0.3) is 0 Å². The molecule has 0 aliphatic heterocycles. The second kappa shape index (κ2) is 6.02. The molecule has 2 aliphatic carbocycles. The first-order valence-electron chi connectivity index (χ1n) is 8.10. The van der Waals surface area contributed by atoms with Crippen LogP contribution >= 0.6 is 11.3 Å². The summed E-state index contributed by atoms with van der Waals surface area (Å²) in [5.74, 6) is 2.58. The number of nitrogens with one attached hydrogen (secondary N) is 1. The lowest BCUT2D eigenvalue weighted by Gasteiger charge is -2.15. The molecule has 0 spiro atoms. The second-order valence-electron chi connectivity index (χ2n) is 6.61. The maximum Gasteiger partial charge on any atom is 0.185 e. The Morgan fingerprint density at radius 2 is 2.15 bits per heavy atom. The van der Waals surface area contributed by atoms with Gasteiger partial charge in [-0.15, -0.1) is 11.3 Å². The van der Waals surface area contributed by atoms with Crippen molar-refractivity contribution in [1.82, 2.24) is 10.3 Å². The van der Waals surface area contributed by atoms with Gasteiger partial charge in [0.1, 0.15) is 0 Å². The lowest BCUT2D eigenvalue weighted by atomic mass is 10.2. The van der Waals surface area contributed by atoms with Crippen molar-refractivity contribution < 1.29 is 0 Å². The summed E-state index contributed by atoms with van der Waals surface area (Å²) < 4.78 is 0. The zero-order valence-corrected chi connectivity index (χ0v) is 13.8. The minimum absolute atomic E-state index is 0.756. The molecule has 4 heteroatoms. The van der Waals surface area contributed by atoms with Gasteiger partial charge in [0, 0.05) is 30.9 Å². The van der Waals surface area contributed by atoms with Gasteiger partial charge in [0.15, 0.2) is 5.13 Å². The highest BCUT2D eigenvalue weighted by molar-refractivity contribution is 7.15. The third-order valence-electron chi connectivity index (χ3n) is 4.50. The fourth-order valence-corrected chi connectivity index (χ4v) is 3.86. The fourth-order valence-electron chi connectivity index (χ4n) is 2.78. The van der Waals surface area contributed by atoms with E-state index in [1.165, 1.54) is 47.9 Å². The zero-order chi connectivity index (χ0) is 14.1. The summed E-state index contributed by atoms with van der Waals surface area (Å²) in [6.07, 6.45) is 5.28. The van der Waals surface area contributed by atoms with Gasteiger partial charge in [-0.3, -0.25) is 0 Å². The molecule has 3 rings (SSSR count). The van der Waals surface area contributed by atoms with Crippen molar-refractivity contribution in [1.29, 1.82) is 0 Å². The van der Waals surface area contributed by atoms with E-state index in [2.05, 4.69) is 31.1 Å². The van der Waals surface area contributed by atoms with Gasteiger partial charge in [0.2, 0.25) is 0 Å². The monoisotopic (exact) mass is 293 g/mol. The Bertz CT molecular complexity index is 453. The SMILES string of the molecule is CCCNCc1sc(N(C)CC2CC2C)nc1C1CC1. The summed E-state index contributed by atoms with van der Waals surface area (Å²) in [7, 11) is 2.21. The average Bonchev–Trinajstić information content (AvgIpc) is 3.33. The Morgan fingerprint density at radius 3 is 2.75 bits per heavy atom. The van der Waals surface area contributed by atoms with E-state index in [-0.39, 0.29) is 0 Å². The van der Waals surface area contributed by atoms with Crippen LogP contribution in [-0.2, 0) is 6.54 Å². The van der Waals surface area contributed by atoms with Crippen LogP contribution in [-0.4, -0.2) is 25.1 Å². The molecule has 0 saturated heterocycles. The van der Waals surface area contributed by atoms with Gasteiger partial charge in [-0.05, 0) is 44.1 Å². The highest BCUT2D eigenvalue weighted by Gasteiger charge is 2.35. The predicted molar refractivity (Wildman–Crippen MR) is 86.6 cm³/mol. The first kappa shape index (κ1) is 14.3.